The highest BCUT2D eigenvalue weighted by molar-refractivity contribution is 5.76. The van der Waals surface area contributed by atoms with E-state index in [1.165, 1.54) is 6.07 Å². The van der Waals surface area contributed by atoms with E-state index in [-0.39, 0.29) is 18.3 Å². The van der Waals surface area contributed by atoms with Gasteiger partial charge in [-0.15, -0.1) is 0 Å². The third kappa shape index (κ3) is 5.77. The van der Waals surface area contributed by atoms with Crippen molar-refractivity contribution >= 4 is 5.91 Å². The lowest BCUT2D eigenvalue weighted by molar-refractivity contribution is -0.121. The number of nitrogens with one attached hydrogen (secondary N) is 2. The largest absolute Gasteiger partial charge is 0.352 e. The minimum atomic E-state index is -0.282. The number of hydrogen-bond donors (Lipinski definition) is 2. The molecule has 2 N–H and O–H groups in total. The minimum Gasteiger partial charge on any atom is -0.352 e. The zero-order valence-electron chi connectivity index (χ0n) is 11.0. The lowest BCUT2D eigenvalue weighted by Gasteiger charge is -2.08. The lowest BCUT2D eigenvalue weighted by Crippen LogP contribution is -2.29. The maximum Gasteiger partial charge on any atom is 0.221 e. The van der Waals surface area contributed by atoms with Crippen molar-refractivity contribution in [2.75, 3.05) is 13.1 Å². The van der Waals surface area contributed by atoms with E-state index in [1.54, 1.807) is 18.2 Å². The van der Waals surface area contributed by atoms with Crippen LogP contribution >= 0.6 is 0 Å². The van der Waals surface area contributed by atoms with Crippen LogP contribution in [0.3, 0.4) is 0 Å². The molecule has 0 radical (unpaired) electrons. The van der Waals surface area contributed by atoms with Crippen molar-refractivity contribution in [2.24, 2.45) is 5.92 Å². The van der Waals surface area contributed by atoms with Crippen molar-refractivity contribution in [3.8, 4) is 0 Å². The second-order valence-corrected chi connectivity index (χ2v) is 4.72. The fraction of sp³-hybridized carbons (Fsp3) is 0.500. The summed E-state index contributed by atoms with van der Waals surface area (Å²) in [5, 5.41) is 5.90. The van der Waals surface area contributed by atoms with Crippen LogP contribution in [0.25, 0.3) is 0 Å². The Morgan fingerprint density at radius 2 is 2.06 bits per heavy atom. The molecule has 1 aromatic carbocycles. The molecule has 4 heteroatoms. The molecule has 0 bridgehead atoms. The summed E-state index contributed by atoms with van der Waals surface area (Å²) in [5.74, 6) is 0.233. The van der Waals surface area contributed by atoms with Gasteiger partial charge in [0.1, 0.15) is 5.82 Å². The fourth-order valence-corrected chi connectivity index (χ4v) is 1.52. The third-order valence-electron chi connectivity index (χ3n) is 2.52. The van der Waals surface area contributed by atoms with Crippen molar-refractivity contribution < 1.29 is 9.18 Å². The minimum absolute atomic E-state index is 0.0606. The molecule has 0 aromatic heterocycles. The van der Waals surface area contributed by atoms with Crippen molar-refractivity contribution in [3.05, 3.63) is 35.6 Å². The Morgan fingerprint density at radius 3 is 2.72 bits per heavy atom. The standard InChI is InChI=1S/C14H21FN2O/c1-11(2)9-16-8-7-14(18)17-10-12-5-3-4-6-13(12)15/h3-6,11,16H,7-10H2,1-2H3,(H,17,18). The SMILES string of the molecule is CC(C)CNCCC(=O)NCc1ccccc1F. The zero-order valence-corrected chi connectivity index (χ0v) is 11.0. The molecule has 3 nitrogen and oxygen atoms in total. The summed E-state index contributed by atoms with van der Waals surface area (Å²) < 4.78 is 13.3. The van der Waals surface area contributed by atoms with Gasteiger partial charge >= 0.3 is 0 Å². The molecule has 0 unspecified atom stereocenters. The van der Waals surface area contributed by atoms with Gasteiger partial charge in [0.25, 0.3) is 0 Å². The van der Waals surface area contributed by atoms with E-state index in [0.717, 1.165) is 6.54 Å². The maximum atomic E-state index is 13.3. The van der Waals surface area contributed by atoms with Crippen LogP contribution in [0.1, 0.15) is 25.8 Å². The number of carbonyl (C=O) groups excluding carboxylic acids is 1. The first-order valence-corrected chi connectivity index (χ1v) is 6.30. The monoisotopic (exact) mass is 252 g/mol. The summed E-state index contributed by atoms with van der Waals surface area (Å²) in [6, 6.07) is 6.46. The van der Waals surface area contributed by atoms with Crippen LogP contribution in [0.15, 0.2) is 24.3 Å². The van der Waals surface area contributed by atoms with Crippen molar-refractivity contribution in [2.45, 2.75) is 26.8 Å². The topological polar surface area (TPSA) is 41.1 Å². The highest BCUT2D eigenvalue weighted by Gasteiger charge is 2.04. The molecule has 18 heavy (non-hydrogen) atoms. The van der Waals surface area contributed by atoms with Gasteiger partial charge in [-0.1, -0.05) is 32.0 Å². The lowest BCUT2D eigenvalue weighted by atomic mass is 10.2. The smallest absolute Gasteiger partial charge is 0.221 e. The Balaban J connectivity index is 2.19. The number of carbonyl (C=O) groups is 1. The van der Waals surface area contributed by atoms with Gasteiger partial charge in [0, 0.05) is 25.1 Å². The Labute approximate surface area is 108 Å². The predicted molar refractivity (Wildman–Crippen MR) is 70.6 cm³/mol. The Kier molecular flexibility index (Phi) is 6.36. The number of hydrogen-bond acceptors (Lipinski definition) is 2. The Bertz CT molecular complexity index is 380. The maximum absolute atomic E-state index is 13.3. The van der Waals surface area contributed by atoms with Gasteiger partial charge in [0.2, 0.25) is 5.91 Å². The molecule has 1 rings (SSSR count). The van der Waals surface area contributed by atoms with Gasteiger partial charge in [-0.3, -0.25) is 4.79 Å². The molecule has 0 saturated carbocycles. The fourth-order valence-electron chi connectivity index (χ4n) is 1.52. The van der Waals surface area contributed by atoms with Gasteiger partial charge in [-0.2, -0.15) is 0 Å². The third-order valence-corrected chi connectivity index (χ3v) is 2.52. The van der Waals surface area contributed by atoms with Crippen LogP contribution in [0.2, 0.25) is 0 Å². The van der Waals surface area contributed by atoms with E-state index in [1.807, 2.05) is 0 Å². The molecule has 0 heterocycles. The van der Waals surface area contributed by atoms with E-state index in [9.17, 15) is 9.18 Å². The van der Waals surface area contributed by atoms with E-state index in [2.05, 4.69) is 24.5 Å². The van der Waals surface area contributed by atoms with Crippen LogP contribution < -0.4 is 10.6 Å². The summed E-state index contributed by atoms with van der Waals surface area (Å²) in [6.45, 7) is 6.04. The van der Waals surface area contributed by atoms with Gasteiger partial charge in [0.05, 0.1) is 0 Å². The first kappa shape index (κ1) is 14.6. The number of benzene rings is 1. The van der Waals surface area contributed by atoms with Crippen LogP contribution in [-0.4, -0.2) is 19.0 Å². The zero-order chi connectivity index (χ0) is 13.4. The van der Waals surface area contributed by atoms with E-state index in [4.69, 9.17) is 0 Å². The molecule has 0 fully saturated rings. The summed E-state index contributed by atoms with van der Waals surface area (Å²) in [4.78, 5) is 11.5. The summed E-state index contributed by atoms with van der Waals surface area (Å²) in [6.07, 6.45) is 0.418. The molecular formula is C14H21FN2O. The average molecular weight is 252 g/mol. The molecule has 0 aliphatic heterocycles. The normalized spacial score (nSPS) is 10.7. The van der Waals surface area contributed by atoms with Gasteiger partial charge in [0.15, 0.2) is 0 Å². The quantitative estimate of drug-likeness (QED) is 0.729. The number of rotatable bonds is 7. The van der Waals surface area contributed by atoms with Gasteiger partial charge < -0.3 is 10.6 Å². The molecule has 0 aliphatic carbocycles. The second kappa shape index (κ2) is 7.82. The molecular weight excluding hydrogens is 231 g/mol. The van der Waals surface area contributed by atoms with E-state index in [0.29, 0.717) is 24.4 Å². The first-order chi connectivity index (χ1) is 8.59. The van der Waals surface area contributed by atoms with Crippen molar-refractivity contribution in [1.82, 2.24) is 10.6 Å². The second-order valence-electron chi connectivity index (χ2n) is 4.72. The first-order valence-electron chi connectivity index (χ1n) is 6.30. The molecule has 100 valence electrons. The Hall–Kier alpha value is -1.42. The van der Waals surface area contributed by atoms with Crippen LogP contribution in [0, 0.1) is 11.7 Å². The number of halogens is 1. The van der Waals surface area contributed by atoms with Gasteiger partial charge in [-0.05, 0) is 18.5 Å². The highest BCUT2D eigenvalue weighted by Crippen LogP contribution is 2.05. The van der Waals surface area contributed by atoms with Crippen molar-refractivity contribution in [1.29, 1.82) is 0 Å². The van der Waals surface area contributed by atoms with Gasteiger partial charge in [-0.25, -0.2) is 4.39 Å². The summed E-state index contributed by atoms with van der Waals surface area (Å²) in [7, 11) is 0. The predicted octanol–water partition coefficient (Wildman–Crippen LogP) is 2.08. The Morgan fingerprint density at radius 1 is 1.33 bits per heavy atom. The molecule has 0 atom stereocenters. The summed E-state index contributed by atoms with van der Waals surface area (Å²) in [5.41, 5.74) is 0.515. The average Bonchev–Trinajstić information content (AvgIpc) is 2.33. The molecule has 1 amide bonds. The van der Waals surface area contributed by atoms with Crippen LogP contribution in [0.5, 0.6) is 0 Å². The van der Waals surface area contributed by atoms with Crippen LogP contribution in [0.4, 0.5) is 4.39 Å². The van der Waals surface area contributed by atoms with E-state index < -0.39 is 0 Å². The van der Waals surface area contributed by atoms with E-state index >= 15 is 0 Å². The van der Waals surface area contributed by atoms with Crippen LogP contribution in [-0.2, 0) is 11.3 Å². The molecule has 0 saturated heterocycles. The highest BCUT2D eigenvalue weighted by atomic mass is 19.1. The van der Waals surface area contributed by atoms with Crippen molar-refractivity contribution in [3.63, 3.8) is 0 Å². The molecule has 1 aromatic rings. The molecule has 0 aliphatic rings. The number of amides is 1. The molecule has 0 spiro atoms. The summed E-state index contributed by atoms with van der Waals surface area (Å²) >= 11 is 0.